The molecule has 102 valence electrons. The van der Waals surface area contributed by atoms with Crippen molar-refractivity contribution < 1.29 is 8.42 Å². The smallest absolute Gasteiger partial charge is 0.266 e. The number of nitrogens with one attached hydrogen (secondary N) is 1. The van der Waals surface area contributed by atoms with E-state index in [1.54, 1.807) is 6.07 Å². The largest absolute Gasteiger partial charge is 0.398 e. The monoisotopic (exact) mass is 489 g/mol. The lowest BCUT2D eigenvalue weighted by Crippen LogP contribution is -2.15. The number of nitrogen functional groups attached to an aromatic ring is 1. The van der Waals surface area contributed by atoms with Crippen LogP contribution in [-0.4, -0.2) is 13.4 Å². The molecule has 5 nitrogen and oxygen atoms in total. The zero-order valence-corrected chi connectivity index (χ0v) is 15.4. The van der Waals surface area contributed by atoms with Crippen molar-refractivity contribution in [3.05, 3.63) is 31.1 Å². The molecule has 0 radical (unpaired) electrons. The minimum absolute atomic E-state index is 0.0120. The Morgan fingerprint density at radius 2 is 1.95 bits per heavy atom. The van der Waals surface area contributed by atoms with Crippen LogP contribution < -0.4 is 10.5 Å². The molecule has 0 aliphatic heterocycles. The first-order valence-corrected chi connectivity index (χ1v) is 9.36. The van der Waals surface area contributed by atoms with Crippen molar-refractivity contribution in [1.82, 2.24) is 4.98 Å². The lowest BCUT2D eigenvalue weighted by Gasteiger charge is -2.10. The molecule has 0 spiro atoms. The Morgan fingerprint density at radius 3 is 2.47 bits per heavy atom. The molecule has 0 aliphatic carbocycles. The summed E-state index contributed by atoms with van der Waals surface area (Å²) < 4.78 is 28.7. The maximum atomic E-state index is 12.3. The number of nitrogens with zero attached hydrogens (tertiary/aromatic N) is 1. The van der Waals surface area contributed by atoms with E-state index >= 15 is 0 Å². The van der Waals surface area contributed by atoms with Crippen LogP contribution in [0.1, 0.15) is 0 Å². The number of hydrogen-bond acceptors (Lipinski definition) is 5. The highest BCUT2D eigenvalue weighted by Crippen LogP contribution is 2.33. The van der Waals surface area contributed by atoms with Crippen LogP contribution in [-0.2, 0) is 10.0 Å². The van der Waals surface area contributed by atoms with Gasteiger partial charge in [-0.15, -0.1) is 0 Å². The highest BCUT2D eigenvalue weighted by Gasteiger charge is 2.22. The van der Waals surface area contributed by atoms with Crippen LogP contribution >= 0.6 is 59.1 Å². The molecule has 2 rings (SSSR count). The third-order valence-corrected chi connectivity index (χ3v) is 6.33. The SMILES string of the molecule is Nc1cc(Br)cc(Br)c1S(=O)(=O)Nc1ncc(Br)s1. The molecule has 0 atom stereocenters. The van der Waals surface area contributed by atoms with Crippen LogP contribution in [0, 0.1) is 0 Å². The highest BCUT2D eigenvalue weighted by atomic mass is 79.9. The number of nitrogens with two attached hydrogens (primary N) is 1. The molecule has 0 unspecified atom stereocenters. The van der Waals surface area contributed by atoms with Crippen molar-refractivity contribution in [2.75, 3.05) is 10.5 Å². The molecule has 1 heterocycles. The summed E-state index contributed by atoms with van der Waals surface area (Å²) in [7, 11) is -3.79. The van der Waals surface area contributed by atoms with Crippen molar-refractivity contribution in [1.29, 1.82) is 0 Å². The van der Waals surface area contributed by atoms with Crippen molar-refractivity contribution in [2.24, 2.45) is 0 Å². The van der Waals surface area contributed by atoms with Gasteiger partial charge in [0.15, 0.2) is 5.13 Å². The molecule has 2 aromatic rings. The summed E-state index contributed by atoms with van der Waals surface area (Å²) in [5.74, 6) is 0. The average molecular weight is 492 g/mol. The number of halogens is 3. The van der Waals surface area contributed by atoms with Crippen LogP contribution in [0.5, 0.6) is 0 Å². The lowest BCUT2D eigenvalue weighted by atomic mass is 10.3. The summed E-state index contributed by atoms with van der Waals surface area (Å²) in [6, 6.07) is 3.14. The van der Waals surface area contributed by atoms with Crippen molar-refractivity contribution >= 4 is 80.0 Å². The van der Waals surface area contributed by atoms with Gasteiger partial charge in [-0.1, -0.05) is 27.3 Å². The maximum absolute atomic E-state index is 12.3. The molecule has 0 amide bonds. The number of aromatic nitrogens is 1. The van der Waals surface area contributed by atoms with Crippen LogP contribution in [0.4, 0.5) is 10.8 Å². The van der Waals surface area contributed by atoms with E-state index in [2.05, 4.69) is 57.5 Å². The van der Waals surface area contributed by atoms with E-state index in [0.29, 0.717) is 8.95 Å². The van der Waals surface area contributed by atoms with Gasteiger partial charge in [-0.2, -0.15) is 0 Å². The topological polar surface area (TPSA) is 85.1 Å². The minimum atomic E-state index is -3.79. The van der Waals surface area contributed by atoms with Crippen molar-refractivity contribution in [2.45, 2.75) is 4.90 Å². The van der Waals surface area contributed by atoms with Gasteiger partial charge in [0.1, 0.15) is 4.90 Å². The fourth-order valence-corrected chi connectivity index (χ4v) is 5.75. The second kappa shape index (κ2) is 5.68. The Balaban J connectivity index is 2.45. The van der Waals surface area contributed by atoms with E-state index < -0.39 is 10.0 Å². The van der Waals surface area contributed by atoms with Gasteiger partial charge >= 0.3 is 0 Å². The number of thiazole rings is 1. The molecule has 10 heteroatoms. The predicted molar refractivity (Wildman–Crippen MR) is 86.9 cm³/mol. The minimum Gasteiger partial charge on any atom is -0.398 e. The molecular formula is C9H6Br3N3O2S2. The quantitative estimate of drug-likeness (QED) is 0.639. The van der Waals surface area contributed by atoms with Crippen molar-refractivity contribution in [3.63, 3.8) is 0 Å². The zero-order chi connectivity index (χ0) is 14.2. The number of anilines is 2. The zero-order valence-electron chi connectivity index (χ0n) is 9.02. The Morgan fingerprint density at radius 1 is 1.26 bits per heavy atom. The molecule has 0 saturated heterocycles. The molecule has 0 saturated carbocycles. The maximum Gasteiger partial charge on any atom is 0.266 e. The Kier molecular flexibility index (Phi) is 4.56. The third-order valence-electron chi connectivity index (χ3n) is 2.00. The van der Waals surface area contributed by atoms with E-state index in [1.807, 2.05) is 0 Å². The predicted octanol–water partition coefficient (Wildman–Crippen LogP) is 3.81. The van der Waals surface area contributed by atoms with Crippen LogP contribution in [0.3, 0.4) is 0 Å². The first-order chi connectivity index (χ1) is 8.79. The second-order valence-corrected chi connectivity index (χ2v) is 9.18. The van der Waals surface area contributed by atoms with Crippen molar-refractivity contribution in [3.8, 4) is 0 Å². The molecule has 0 fully saturated rings. The molecule has 3 N–H and O–H groups in total. The van der Waals surface area contributed by atoms with Gasteiger partial charge in [-0.25, -0.2) is 13.4 Å². The van der Waals surface area contributed by atoms with E-state index in [4.69, 9.17) is 5.73 Å². The first kappa shape index (κ1) is 15.2. The van der Waals surface area contributed by atoms with Gasteiger partial charge in [0.05, 0.1) is 15.7 Å². The molecule has 1 aromatic carbocycles. The number of rotatable bonds is 3. The summed E-state index contributed by atoms with van der Waals surface area (Å²) in [4.78, 5) is 3.91. The Bertz CT molecular complexity index is 707. The normalized spacial score (nSPS) is 11.5. The Labute approximate surface area is 139 Å². The standard InChI is InChI=1S/C9H6Br3N3O2S2/c10-4-1-5(11)8(6(13)2-4)19(16,17)15-9-14-3-7(12)18-9/h1-3H,13H2,(H,14,15). The summed E-state index contributed by atoms with van der Waals surface area (Å²) in [6.07, 6.45) is 1.52. The number of sulfonamides is 1. The van der Waals surface area contributed by atoms with E-state index in [9.17, 15) is 8.42 Å². The molecule has 19 heavy (non-hydrogen) atoms. The lowest BCUT2D eigenvalue weighted by molar-refractivity contribution is 0.601. The number of benzene rings is 1. The van der Waals surface area contributed by atoms with Crippen LogP contribution in [0.25, 0.3) is 0 Å². The van der Waals surface area contributed by atoms with Gasteiger partial charge in [0, 0.05) is 8.95 Å². The summed E-state index contributed by atoms with van der Waals surface area (Å²) in [5, 5.41) is 0.265. The highest BCUT2D eigenvalue weighted by molar-refractivity contribution is 9.11. The van der Waals surface area contributed by atoms with Gasteiger partial charge in [0.25, 0.3) is 10.0 Å². The fourth-order valence-electron chi connectivity index (χ4n) is 1.33. The van der Waals surface area contributed by atoms with E-state index in [0.717, 1.165) is 3.79 Å². The molecule has 0 aliphatic rings. The van der Waals surface area contributed by atoms with Gasteiger partial charge in [0.2, 0.25) is 0 Å². The molecular weight excluding hydrogens is 486 g/mol. The number of hydrogen-bond donors (Lipinski definition) is 2. The Hall–Kier alpha value is -0.160. The molecule has 0 bridgehead atoms. The summed E-state index contributed by atoms with van der Waals surface area (Å²) >= 11 is 10.8. The third kappa shape index (κ3) is 3.48. The van der Waals surface area contributed by atoms with Crippen LogP contribution in [0.15, 0.2) is 36.0 Å². The summed E-state index contributed by atoms with van der Waals surface area (Å²) in [5.41, 5.74) is 5.90. The fraction of sp³-hybridized carbons (Fsp3) is 0. The van der Waals surface area contributed by atoms with E-state index in [-0.39, 0.29) is 15.7 Å². The average Bonchev–Trinajstić information content (AvgIpc) is 2.60. The summed E-state index contributed by atoms with van der Waals surface area (Å²) in [6.45, 7) is 0. The van der Waals surface area contributed by atoms with Gasteiger partial charge in [-0.3, -0.25) is 4.72 Å². The van der Waals surface area contributed by atoms with Gasteiger partial charge < -0.3 is 5.73 Å². The first-order valence-electron chi connectivity index (χ1n) is 4.68. The second-order valence-electron chi connectivity index (χ2n) is 3.38. The van der Waals surface area contributed by atoms with Gasteiger partial charge in [-0.05, 0) is 44.0 Å². The molecule has 1 aromatic heterocycles. The van der Waals surface area contributed by atoms with E-state index in [1.165, 1.54) is 23.6 Å². The van der Waals surface area contributed by atoms with Crippen LogP contribution in [0.2, 0.25) is 0 Å².